The van der Waals surface area contributed by atoms with E-state index < -0.39 is 22.2 Å². The average Bonchev–Trinajstić information content (AvgIpc) is 2.25. The number of nitrogens with zero attached hydrogens (tertiary/aromatic N) is 1. The molecule has 0 aromatic heterocycles. The minimum Gasteiger partial charge on any atom is -0.480 e. The Labute approximate surface area is 121 Å². The van der Waals surface area contributed by atoms with Crippen molar-refractivity contribution < 1.29 is 18.3 Å². The van der Waals surface area contributed by atoms with Crippen LogP contribution in [0, 0.1) is 0 Å². The van der Waals surface area contributed by atoms with Crippen LogP contribution in [-0.2, 0) is 15.0 Å². The summed E-state index contributed by atoms with van der Waals surface area (Å²) >= 11 is 0. The molecule has 1 aliphatic heterocycles. The fourth-order valence-electron chi connectivity index (χ4n) is 2.24. The molecule has 1 aliphatic rings. The molecule has 7 heteroatoms. The third-order valence-corrected chi connectivity index (χ3v) is 4.92. The lowest BCUT2D eigenvalue weighted by molar-refractivity contribution is -0.138. The van der Waals surface area contributed by atoms with Crippen molar-refractivity contribution in [3.8, 4) is 0 Å². The Morgan fingerprint density at radius 2 is 1.75 bits per heavy atom. The molecule has 0 radical (unpaired) electrons. The molecule has 0 saturated carbocycles. The molecule has 116 valence electrons. The first-order chi connectivity index (χ1) is 9.33. The maximum atomic E-state index is 12.3. The first kappa shape index (κ1) is 17.1. The molecule has 0 aliphatic carbocycles. The van der Waals surface area contributed by atoms with E-state index in [-0.39, 0.29) is 6.42 Å². The molecule has 1 unspecified atom stereocenters. The second kappa shape index (κ2) is 7.75. The minimum absolute atomic E-state index is 0.0996. The summed E-state index contributed by atoms with van der Waals surface area (Å²) in [5, 5.41) is 9.10. The molecule has 1 atom stereocenters. The Kier molecular flexibility index (Phi) is 6.64. The zero-order chi connectivity index (χ0) is 15.2. The number of hydrogen-bond acceptors (Lipinski definition) is 3. The summed E-state index contributed by atoms with van der Waals surface area (Å²) in [6, 6.07) is -1.15. The fourth-order valence-corrected chi connectivity index (χ4v) is 3.67. The molecule has 20 heavy (non-hydrogen) atoms. The molecular weight excluding hydrogens is 280 g/mol. The zero-order valence-corrected chi connectivity index (χ0v) is 12.8. The topological polar surface area (TPSA) is 86.7 Å². The van der Waals surface area contributed by atoms with E-state index in [9.17, 15) is 13.2 Å². The highest BCUT2D eigenvalue weighted by atomic mass is 32.2. The molecule has 0 spiro atoms. The van der Waals surface area contributed by atoms with Gasteiger partial charge in [-0.05, 0) is 26.2 Å². The van der Waals surface area contributed by atoms with E-state index in [1.807, 2.05) is 0 Å². The van der Waals surface area contributed by atoms with Gasteiger partial charge >= 0.3 is 5.97 Å². The monoisotopic (exact) mass is 304 g/mol. The van der Waals surface area contributed by atoms with E-state index >= 15 is 0 Å². The third-order valence-electron chi connectivity index (χ3n) is 3.30. The number of hydrogen-bond donors (Lipinski definition) is 2. The summed E-state index contributed by atoms with van der Waals surface area (Å²) in [5.41, 5.74) is 0.632. The second-order valence-electron chi connectivity index (χ2n) is 5.34. The van der Waals surface area contributed by atoms with Gasteiger partial charge in [-0.3, -0.25) is 4.79 Å². The summed E-state index contributed by atoms with van der Waals surface area (Å²) in [5.74, 6) is -1.18. The van der Waals surface area contributed by atoms with Crippen LogP contribution >= 0.6 is 0 Å². The van der Waals surface area contributed by atoms with Crippen LogP contribution in [0.2, 0.25) is 0 Å². The van der Waals surface area contributed by atoms with E-state index in [4.69, 9.17) is 5.11 Å². The van der Waals surface area contributed by atoms with Gasteiger partial charge < -0.3 is 5.11 Å². The van der Waals surface area contributed by atoms with Crippen molar-refractivity contribution in [1.82, 2.24) is 9.03 Å². The normalized spacial score (nSPS) is 19.9. The predicted molar refractivity (Wildman–Crippen MR) is 77.6 cm³/mol. The Bertz CT molecular complexity index is 439. The van der Waals surface area contributed by atoms with Gasteiger partial charge in [-0.25, -0.2) is 0 Å². The largest absolute Gasteiger partial charge is 0.480 e. The highest BCUT2D eigenvalue weighted by Gasteiger charge is 2.28. The molecule has 1 heterocycles. The standard InChI is InChI=1S/C13H24N2O4S/c1-11(2)10-12(13(16)17)14-20(18,19)15-8-6-4-3-5-7-9-15/h12,14H,1,3-10H2,2H3,(H,16,17). The summed E-state index contributed by atoms with van der Waals surface area (Å²) in [4.78, 5) is 11.1. The van der Waals surface area contributed by atoms with Gasteiger partial charge in [0.15, 0.2) is 0 Å². The van der Waals surface area contributed by atoms with Crippen molar-refractivity contribution in [3.63, 3.8) is 0 Å². The van der Waals surface area contributed by atoms with E-state index in [0.29, 0.717) is 18.7 Å². The van der Waals surface area contributed by atoms with Gasteiger partial charge in [0, 0.05) is 13.1 Å². The van der Waals surface area contributed by atoms with Crippen molar-refractivity contribution in [2.45, 2.75) is 51.5 Å². The quantitative estimate of drug-likeness (QED) is 0.728. The average molecular weight is 304 g/mol. The van der Waals surface area contributed by atoms with Crippen molar-refractivity contribution >= 4 is 16.2 Å². The fraction of sp³-hybridized carbons (Fsp3) is 0.769. The summed E-state index contributed by atoms with van der Waals surface area (Å²) in [6.45, 7) is 6.22. The number of nitrogens with one attached hydrogen (secondary N) is 1. The van der Waals surface area contributed by atoms with Crippen molar-refractivity contribution in [1.29, 1.82) is 0 Å². The first-order valence-corrected chi connectivity index (χ1v) is 8.41. The van der Waals surface area contributed by atoms with Gasteiger partial charge in [0.25, 0.3) is 10.2 Å². The number of carboxylic acids is 1. The number of rotatable bonds is 6. The number of aliphatic carboxylic acids is 1. The van der Waals surface area contributed by atoms with Crippen LogP contribution in [-0.4, -0.2) is 42.9 Å². The molecule has 0 aromatic carbocycles. The van der Waals surface area contributed by atoms with E-state index in [1.54, 1.807) is 6.92 Å². The summed E-state index contributed by atoms with van der Waals surface area (Å²) < 4.78 is 28.2. The zero-order valence-electron chi connectivity index (χ0n) is 12.0. The molecule has 0 aromatic rings. The van der Waals surface area contributed by atoms with Crippen LogP contribution in [0.15, 0.2) is 12.2 Å². The second-order valence-corrected chi connectivity index (χ2v) is 7.04. The smallest absolute Gasteiger partial charge is 0.322 e. The SMILES string of the molecule is C=C(C)CC(NS(=O)(=O)N1CCCCCCC1)C(=O)O. The Morgan fingerprint density at radius 1 is 1.25 bits per heavy atom. The van der Waals surface area contributed by atoms with Crippen LogP contribution in [0.1, 0.15) is 45.4 Å². The van der Waals surface area contributed by atoms with E-state index in [2.05, 4.69) is 11.3 Å². The first-order valence-electron chi connectivity index (χ1n) is 6.97. The molecule has 1 rings (SSSR count). The lowest BCUT2D eigenvalue weighted by atomic mass is 10.1. The maximum Gasteiger partial charge on any atom is 0.322 e. The molecule has 0 amide bonds. The van der Waals surface area contributed by atoms with Gasteiger partial charge in [0.1, 0.15) is 6.04 Å². The highest BCUT2D eigenvalue weighted by molar-refractivity contribution is 7.87. The summed E-state index contributed by atoms with van der Waals surface area (Å²) in [7, 11) is -3.75. The molecular formula is C13H24N2O4S. The van der Waals surface area contributed by atoms with Gasteiger partial charge in [0.2, 0.25) is 0 Å². The lowest BCUT2D eigenvalue weighted by Crippen LogP contribution is -2.49. The lowest BCUT2D eigenvalue weighted by Gasteiger charge is -2.26. The van der Waals surface area contributed by atoms with Crippen LogP contribution in [0.25, 0.3) is 0 Å². The highest BCUT2D eigenvalue weighted by Crippen LogP contribution is 2.14. The molecule has 1 saturated heterocycles. The van der Waals surface area contributed by atoms with Gasteiger partial charge in [-0.1, -0.05) is 24.8 Å². The van der Waals surface area contributed by atoms with Crippen LogP contribution < -0.4 is 4.72 Å². The third kappa shape index (κ3) is 5.60. The van der Waals surface area contributed by atoms with Gasteiger partial charge in [-0.2, -0.15) is 17.4 Å². The van der Waals surface area contributed by atoms with Crippen molar-refractivity contribution in [2.75, 3.05) is 13.1 Å². The number of carbonyl (C=O) groups is 1. The van der Waals surface area contributed by atoms with Gasteiger partial charge in [0.05, 0.1) is 0 Å². The molecule has 6 nitrogen and oxygen atoms in total. The van der Waals surface area contributed by atoms with Crippen LogP contribution in [0.5, 0.6) is 0 Å². The molecule has 2 N–H and O–H groups in total. The molecule has 1 fully saturated rings. The van der Waals surface area contributed by atoms with Gasteiger partial charge in [-0.15, -0.1) is 6.58 Å². The summed E-state index contributed by atoms with van der Waals surface area (Å²) in [6.07, 6.45) is 4.90. The predicted octanol–water partition coefficient (Wildman–Crippen LogP) is 1.51. The minimum atomic E-state index is -3.75. The van der Waals surface area contributed by atoms with Crippen molar-refractivity contribution in [2.24, 2.45) is 0 Å². The van der Waals surface area contributed by atoms with Crippen molar-refractivity contribution in [3.05, 3.63) is 12.2 Å². The van der Waals surface area contributed by atoms with E-state index in [1.165, 1.54) is 4.31 Å². The Morgan fingerprint density at radius 3 is 2.20 bits per heavy atom. The Balaban J connectivity index is 2.74. The van der Waals surface area contributed by atoms with E-state index in [0.717, 1.165) is 32.1 Å². The Hall–Kier alpha value is -0.920. The maximum absolute atomic E-state index is 12.3. The number of carboxylic acid groups (broad SMARTS) is 1. The van der Waals surface area contributed by atoms with Crippen LogP contribution in [0.4, 0.5) is 0 Å². The molecule has 0 bridgehead atoms. The van der Waals surface area contributed by atoms with Crippen LogP contribution in [0.3, 0.4) is 0 Å².